The Morgan fingerprint density at radius 2 is 1.26 bits per heavy atom. The Bertz CT molecular complexity index is 603. The smallest absolute Gasteiger partial charge is 0.214 e. The molecule has 0 fully saturated rings. The summed E-state index contributed by atoms with van der Waals surface area (Å²) >= 11 is 0. The average Bonchev–Trinajstić information content (AvgIpc) is 2.62. The summed E-state index contributed by atoms with van der Waals surface area (Å²) in [5.74, 6) is -3.90. The second-order valence-corrected chi connectivity index (χ2v) is 6.27. The van der Waals surface area contributed by atoms with Crippen molar-refractivity contribution in [2.45, 2.75) is 55.8 Å². The zero-order valence-electron chi connectivity index (χ0n) is 16.1. The standard InChI is InChI=1S/C15H29N3O9/c1-7(19)10(22)14(26,17-5)13(25,9(3)21)15(27,18-6)12(24,8(2)20)11(23)16-4/h10-11,16-18,22-27H,1-6H3/t10?,11?,12-,13-,14+,15-/m1/s1. The van der Waals surface area contributed by atoms with Crippen LogP contribution in [-0.2, 0) is 14.4 Å². The number of rotatable bonds is 11. The van der Waals surface area contributed by atoms with E-state index in [-0.39, 0.29) is 0 Å². The lowest BCUT2D eigenvalue weighted by atomic mass is 9.65. The quantitative estimate of drug-likeness (QED) is 0.151. The second kappa shape index (κ2) is 8.34. The zero-order chi connectivity index (χ0) is 22.0. The van der Waals surface area contributed by atoms with Gasteiger partial charge >= 0.3 is 0 Å². The molecule has 0 radical (unpaired) electrons. The highest BCUT2D eigenvalue weighted by Gasteiger charge is 2.76. The predicted octanol–water partition coefficient (Wildman–Crippen LogP) is -5.07. The highest BCUT2D eigenvalue weighted by Crippen LogP contribution is 2.41. The van der Waals surface area contributed by atoms with Gasteiger partial charge in [0.1, 0.15) is 6.23 Å². The van der Waals surface area contributed by atoms with E-state index in [1.165, 1.54) is 0 Å². The van der Waals surface area contributed by atoms with Gasteiger partial charge in [-0.25, -0.2) is 0 Å². The maximum absolute atomic E-state index is 12.4. The van der Waals surface area contributed by atoms with Crippen molar-refractivity contribution < 1.29 is 45.0 Å². The van der Waals surface area contributed by atoms with Gasteiger partial charge in [0.05, 0.1) is 0 Å². The molecule has 0 aliphatic heterocycles. The maximum atomic E-state index is 12.4. The number of aliphatic hydroxyl groups excluding tert-OH is 2. The maximum Gasteiger partial charge on any atom is 0.214 e. The number of aliphatic hydroxyl groups is 6. The lowest BCUT2D eigenvalue weighted by Gasteiger charge is -2.56. The Hall–Kier alpha value is -1.35. The minimum atomic E-state index is -3.63. The van der Waals surface area contributed by atoms with Crippen molar-refractivity contribution in [3.05, 3.63) is 0 Å². The molecule has 12 heteroatoms. The van der Waals surface area contributed by atoms with Crippen molar-refractivity contribution >= 4 is 17.3 Å². The van der Waals surface area contributed by atoms with E-state index in [4.69, 9.17) is 0 Å². The van der Waals surface area contributed by atoms with E-state index in [1.807, 2.05) is 10.6 Å². The van der Waals surface area contributed by atoms with Crippen LogP contribution < -0.4 is 16.0 Å². The zero-order valence-corrected chi connectivity index (χ0v) is 16.1. The molecule has 0 aromatic carbocycles. The minimum Gasteiger partial charge on any atom is -0.381 e. The largest absolute Gasteiger partial charge is 0.381 e. The number of ketones is 3. The average molecular weight is 395 g/mol. The molecule has 158 valence electrons. The van der Waals surface area contributed by atoms with Crippen molar-refractivity contribution in [2.75, 3.05) is 21.1 Å². The molecule has 0 bridgehead atoms. The van der Waals surface area contributed by atoms with Crippen LogP contribution in [0.5, 0.6) is 0 Å². The van der Waals surface area contributed by atoms with E-state index >= 15 is 0 Å². The van der Waals surface area contributed by atoms with Crippen molar-refractivity contribution in [2.24, 2.45) is 0 Å². The first kappa shape index (κ1) is 25.6. The Morgan fingerprint density at radius 1 is 0.815 bits per heavy atom. The summed E-state index contributed by atoms with van der Waals surface area (Å²) in [6.45, 7) is 2.23. The molecule has 0 aromatic rings. The minimum absolute atomic E-state index is 0.670. The summed E-state index contributed by atoms with van der Waals surface area (Å²) in [5.41, 5.74) is -13.8. The topological polar surface area (TPSA) is 209 Å². The van der Waals surface area contributed by atoms with Crippen molar-refractivity contribution in [3.63, 3.8) is 0 Å². The number of hydrogen-bond donors (Lipinski definition) is 9. The molecule has 0 heterocycles. The highest BCUT2D eigenvalue weighted by molar-refractivity contribution is 5.94. The molecule has 12 nitrogen and oxygen atoms in total. The normalized spacial score (nSPS) is 23.1. The third kappa shape index (κ3) is 3.33. The van der Waals surface area contributed by atoms with Crippen LogP contribution >= 0.6 is 0 Å². The van der Waals surface area contributed by atoms with Crippen LogP contribution in [-0.4, -0.2) is 104 Å². The molecule has 6 atom stereocenters. The first-order valence-corrected chi connectivity index (χ1v) is 7.93. The molecule has 0 aromatic heterocycles. The molecule has 0 spiro atoms. The van der Waals surface area contributed by atoms with Gasteiger partial charge < -0.3 is 30.6 Å². The van der Waals surface area contributed by atoms with Gasteiger partial charge in [-0.1, -0.05) is 0 Å². The number of Topliss-reactive ketones (excluding diaryl/α,β-unsaturated/α-hetero) is 3. The molecule has 9 N–H and O–H groups in total. The summed E-state index contributed by atoms with van der Waals surface area (Å²) in [5, 5.41) is 70.2. The Balaban J connectivity index is 7.23. The summed E-state index contributed by atoms with van der Waals surface area (Å²) in [6.07, 6.45) is -4.74. The van der Waals surface area contributed by atoms with Gasteiger partial charge in [-0.2, -0.15) is 0 Å². The number of nitrogens with one attached hydrogen (secondary N) is 3. The van der Waals surface area contributed by atoms with Crippen LogP contribution in [0, 0.1) is 0 Å². The fourth-order valence-corrected chi connectivity index (χ4v) is 3.11. The van der Waals surface area contributed by atoms with Crippen LogP contribution in [0.4, 0.5) is 0 Å². The molecule has 2 unspecified atom stereocenters. The fourth-order valence-electron chi connectivity index (χ4n) is 3.11. The Morgan fingerprint density at radius 3 is 1.48 bits per heavy atom. The molecule has 0 amide bonds. The monoisotopic (exact) mass is 395 g/mol. The highest BCUT2D eigenvalue weighted by atomic mass is 16.5. The summed E-state index contributed by atoms with van der Waals surface area (Å²) in [4.78, 5) is 36.2. The van der Waals surface area contributed by atoms with Crippen LogP contribution in [0.3, 0.4) is 0 Å². The van der Waals surface area contributed by atoms with Gasteiger partial charge in [0.15, 0.2) is 34.9 Å². The Labute approximate surface area is 156 Å². The number of likely N-dealkylation sites (N-methyl/N-ethyl adjacent to an activating group) is 3. The number of hydrogen-bond acceptors (Lipinski definition) is 12. The van der Waals surface area contributed by atoms with Gasteiger partial charge in [0.25, 0.3) is 0 Å². The molecule has 0 aliphatic carbocycles. The van der Waals surface area contributed by atoms with Gasteiger partial charge in [0.2, 0.25) is 11.2 Å². The van der Waals surface area contributed by atoms with Crippen LogP contribution in [0.1, 0.15) is 20.8 Å². The molecule has 0 rings (SSSR count). The molecule has 0 saturated heterocycles. The van der Waals surface area contributed by atoms with Gasteiger partial charge in [-0.3, -0.25) is 30.3 Å². The van der Waals surface area contributed by atoms with Crippen molar-refractivity contribution in [3.8, 4) is 0 Å². The van der Waals surface area contributed by atoms with Crippen LogP contribution in [0.25, 0.3) is 0 Å². The first-order chi connectivity index (χ1) is 12.1. The van der Waals surface area contributed by atoms with E-state index in [1.54, 1.807) is 0 Å². The molecule has 0 saturated carbocycles. The van der Waals surface area contributed by atoms with Crippen molar-refractivity contribution in [1.29, 1.82) is 0 Å². The summed E-state index contributed by atoms with van der Waals surface area (Å²) < 4.78 is 0. The first-order valence-electron chi connectivity index (χ1n) is 7.93. The number of carbonyl (C=O) groups is 3. The second-order valence-electron chi connectivity index (χ2n) is 6.27. The number of carbonyl (C=O) groups excluding carboxylic acids is 3. The molecular formula is C15H29N3O9. The third-order valence-corrected chi connectivity index (χ3v) is 4.87. The van der Waals surface area contributed by atoms with Crippen LogP contribution in [0.2, 0.25) is 0 Å². The van der Waals surface area contributed by atoms with E-state index in [9.17, 15) is 45.0 Å². The molecule has 27 heavy (non-hydrogen) atoms. The van der Waals surface area contributed by atoms with Gasteiger partial charge in [-0.15, -0.1) is 0 Å². The molecular weight excluding hydrogens is 366 g/mol. The SMILES string of the molecule is CNC(O)[C@](O)(C(C)=O)[C@](O)(NC)[C@@](O)(C(C)=O)[C@](O)(NC)C(O)C(C)=O. The van der Waals surface area contributed by atoms with Gasteiger partial charge in [0, 0.05) is 0 Å². The lowest BCUT2D eigenvalue weighted by Crippen LogP contribution is -2.90. The summed E-state index contributed by atoms with van der Waals surface area (Å²) in [7, 11) is 2.94. The molecule has 0 aliphatic rings. The fraction of sp³-hybridized carbons (Fsp3) is 0.800. The van der Waals surface area contributed by atoms with E-state index in [0.29, 0.717) is 6.92 Å². The van der Waals surface area contributed by atoms with Crippen LogP contribution in [0.15, 0.2) is 0 Å². The third-order valence-electron chi connectivity index (χ3n) is 4.87. The van der Waals surface area contributed by atoms with E-state index in [2.05, 4.69) is 5.32 Å². The van der Waals surface area contributed by atoms with Crippen molar-refractivity contribution in [1.82, 2.24) is 16.0 Å². The summed E-state index contributed by atoms with van der Waals surface area (Å²) in [6, 6.07) is 0. The predicted molar refractivity (Wildman–Crippen MR) is 91.0 cm³/mol. The van der Waals surface area contributed by atoms with E-state index < -0.39 is 52.3 Å². The lowest BCUT2D eigenvalue weighted by molar-refractivity contribution is -0.321. The Kier molecular flexibility index (Phi) is 7.93. The van der Waals surface area contributed by atoms with E-state index in [0.717, 1.165) is 35.0 Å². The van der Waals surface area contributed by atoms with Gasteiger partial charge in [-0.05, 0) is 41.9 Å².